The summed E-state index contributed by atoms with van der Waals surface area (Å²) in [5.41, 5.74) is 0. The number of nitrogens with zero attached hydrogens (tertiary/aromatic N) is 4. The van der Waals surface area contributed by atoms with Crippen molar-refractivity contribution in [2.75, 3.05) is 6.54 Å². The second kappa shape index (κ2) is 5.14. The molecular weight excluding hydrogens is 222 g/mol. The van der Waals surface area contributed by atoms with Crippen LogP contribution in [0.25, 0.3) is 0 Å². The largest absolute Gasteiger partial charge is 0.314 e. The first-order valence-corrected chi connectivity index (χ1v) is 6.72. The lowest BCUT2D eigenvalue weighted by Crippen LogP contribution is -2.33. The van der Waals surface area contributed by atoms with Gasteiger partial charge in [0.25, 0.3) is 0 Å². The Morgan fingerprint density at radius 1 is 1.50 bits per heavy atom. The van der Waals surface area contributed by atoms with Crippen LogP contribution in [0.4, 0.5) is 0 Å². The number of hydrogen-bond donors (Lipinski definition) is 1. The van der Waals surface area contributed by atoms with Gasteiger partial charge in [-0.1, -0.05) is 25.6 Å². The van der Waals surface area contributed by atoms with Crippen LogP contribution in [-0.2, 0) is 7.05 Å². The molecule has 0 aromatic carbocycles. The molecule has 0 radical (unpaired) electrons. The van der Waals surface area contributed by atoms with Crippen LogP contribution in [0.1, 0.15) is 26.7 Å². The van der Waals surface area contributed by atoms with Gasteiger partial charge in [0.2, 0.25) is 5.16 Å². The van der Waals surface area contributed by atoms with E-state index in [-0.39, 0.29) is 0 Å². The van der Waals surface area contributed by atoms with Crippen LogP contribution in [-0.4, -0.2) is 38.0 Å². The summed E-state index contributed by atoms with van der Waals surface area (Å²) in [6, 6.07) is 0.656. The fraction of sp³-hybridized carbons (Fsp3) is 0.900. The quantitative estimate of drug-likeness (QED) is 0.855. The van der Waals surface area contributed by atoms with E-state index < -0.39 is 0 Å². The molecule has 1 aromatic rings. The third-order valence-electron chi connectivity index (χ3n) is 3.29. The van der Waals surface area contributed by atoms with E-state index in [4.69, 9.17) is 0 Å². The normalized spacial score (nSPS) is 29.8. The molecular formula is C10H19N5S. The number of nitrogens with one attached hydrogen (secondary N) is 1. The molecule has 0 amide bonds. The van der Waals surface area contributed by atoms with Crippen molar-refractivity contribution in [2.24, 2.45) is 13.0 Å². The molecule has 3 atom stereocenters. The van der Waals surface area contributed by atoms with Crippen molar-refractivity contribution in [1.29, 1.82) is 0 Å². The minimum Gasteiger partial charge on any atom is -0.314 e. The fourth-order valence-corrected chi connectivity index (χ4v) is 3.50. The Morgan fingerprint density at radius 3 is 2.94 bits per heavy atom. The van der Waals surface area contributed by atoms with Crippen molar-refractivity contribution in [3.8, 4) is 0 Å². The Bertz CT molecular complexity index is 340. The monoisotopic (exact) mass is 241 g/mol. The molecule has 0 spiro atoms. The van der Waals surface area contributed by atoms with Crippen LogP contribution in [0.5, 0.6) is 0 Å². The maximum absolute atomic E-state index is 4.03. The van der Waals surface area contributed by atoms with E-state index in [1.807, 2.05) is 18.8 Å². The topological polar surface area (TPSA) is 55.6 Å². The molecule has 6 heteroatoms. The van der Waals surface area contributed by atoms with Crippen molar-refractivity contribution in [2.45, 2.75) is 43.1 Å². The van der Waals surface area contributed by atoms with Gasteiger partial charge in [0.05, 0.1) is 0 Å². The Kier molecular flexibility index (Phi) is 3.81. The summed E-state index contributed by atoms with van der Waals surface area (Å²) in [7, 11) is 1.89. The summed E-state index contributed by atoms with van der Waals surface area (Å²) in [4.78, 5) is 0. The smallest absolute Gasteiger partial charge is 0.209 e. The Hall–Kier alpha value is -0.620. The molecule has 1 N–H and O–H groups in total. The van der Waals surface area contributed by atoms with E-state index in [0.717, 1.165) is 11.7 Å². The number of thioether (sulfide) groups is 1. The zero-order chi connectivity index (χ0) is 11.5. The van der Waals surface area contributed by atoms with E-state index in [1.54, 1.807) is 4.68 Å². The van der Waals surface area contributed by atoms with Crippen LogP contribution in [0.2, 0.25) is 0 Å². The summed E-state index contributed by atoms with van der Waals surface area (Å²) >= 11 is 1.81. The van der Waals surface area contributed by atoms with Crippen LogP contribution in [0.3, 0.4) is 0 Å². The molecule has 0 saturated heterocycles. The lowest BCUT2D eigenvalue weighted by atomic mass is 10.1. The number of rotatable bonds is 4. The van der Waals surface area contributed by atoms with E-state index in [9.17, 15) is 0 Å². The van der Waals surface area contributed by atoms with Gasteiger partial charge < -0.3 is 5.32 Å². The number of hydrogen-bond acceptors (Lipinski definition) is 5. The molecule has 90 valence electrons. The van der Waals surface area contributed by atoms with Gasteiger partial charge in [-0.2, -0.15) is 0 Å². The molecule has 3 unspecified atom stereocenters. The highest BCUT2D eigenvalue weighted by atomic mass is 32.2. The summed E-state index contributed by atoms with van der Waals surface area (Å²) < 4.78 is 1.75. The average Bonchev–Trinajstić information content (AvgIpc) is 2.80. The van der Waals surface area contributed by atoms with Crippen molar-refractivity contribution >= 4 is 11.8 Å². The lowest BCUT2D eigenvalue weighted by Gasteiger charge is -2.20. The second-order valence-corrected chi connectivity index (χ2v) is 5.55. The molecule has 1 aliphatic rings. The molecule has 16 heavy (non-hydrogen) atoms. The predicted octanol–water partition coefficient (Wildman–Crippen LogP) is 1.08. The Morgan fingerprint density at radius 2 is 2.31 bits per heavy atom. The lowest BCUT2D eigenvalue weighted by molar-refractivity contribution is 0.441. The van der Waals surface area contributed by atoms with Crippen molar-refractivity contribution in [3.63, 3.8) is 0 Å². The maximum Gasteiger partial charge on any atom is 0.209 e. The maximum atomic E-state index is 4.03. The van der Waals surface area contributed by atoms with Gasteiger partial charge in [0.15, 0.2) is 0 Å². The third kappa shape index (κ3) is 2.38. The van der Waals surface area contributed by atoms with Crippen LogP contribution in [0, 0.1) is 5.92 Å². The van der Waals surface area contributed by atoms with E-state index in [1.165, 1.54) is 12.8 Å². The number of aromatic nitrogens is 4. The summed E-state index contributed by atoms with van der Waals surface area (Å²) in [6.45, 7) is 5.54. The van der Waals surface area contributed by atoms with Gasteiger partial charge in [0, 0.05) is 18.3 Å². The summed E-state index contributed by atoms with van der Waals surface area (Å²) in [6.07, 6.45) is 2.51. The van der Waals surface area contributed by atoms with Crippen molar-refractivity contribution in [3.05, 3.63) is 0 Å². The molecule has 0 aliphatic heterocycles. The Balaban J connectivity index is 1.95. The highest BCUT2D eigenvalue weighted by molar-refractivity contribution is 7.99. The van der Waals surface area contributed by atoms with Gasteiger partial charge in [-0.15, -0.1) is 5.10 Å². The molecule has 1 heterocycles. The SMILES string of the molecule is CCNC1CCC(Sc2nnnn2C)C1C. The fourth-order valence-electron chi connectivity index (χ4n) is 2.30. The Labute approximate surface area is 100 Å². The van der Waals surface area contributed by atoms with Crippen LogP contribution < -0.4 is 5.32 Å². The second-order valence-electron chi connectivity index (χ2n) is 4.34. The van der Waals surface area contributed by atoms with Gasteiger partial charge >= 0.3 is 0 Å². The molecule has 1 saturated carbocycles. The summed E-state index contributed by atoms with van der Waals surface area (Å²) in [5, 5.41) is 16.7. The van der Waals surface area contributed by atoms with Gasteiger partial charge in [-0.3, -0.25) is 0 Å². The highest BCUT2D eigenvalue weighted by Crippen LogP contribution is 2.37. The van der Waals surface area contributed by atoms with Crippen LogP contribution >= 0.6 is 11.8 Å². The standard InChI is InChI=1S/C10H19N5S/c1-4-11-8-5-6-9(7(8)2)16-10-12-13-14-15(10)3/h7-9,11H,4-6H2,1-3H3. The van der Waals surface area contributed by atoms with E-state index in [0.29, 0.717) is 17.2 Å². The van der Waals surface area contributed by atoms with Crippen molar-refractivity contribution < 1.29 is 0 Å². The molecule has 0 bridgehead atoms. The molecule has 1 aliphatic carbocycles. The van der Waals surface area contributed by atoms with Crippen molar-refractivity contribution in [1.82, 2.24) is 25.5 Å². The number of aryl methyl sites for hydroxylation is 1. The molecule has 2 rings (SSSR count). The predicted molar refractivity (Wildman–Crippen MR) is 64.3 cm³/mol. The van der Waals surface area contributed by atoms with Gasteiger partial charge in [0.1, 0.15) is 0 Å². The molecule has 1 fully saturated rings. The zero-order valence-corrected chi connectivity index (χ0v) is 10.9. The highest BCUT2D eigenvalue weighted by Gasteiger charge is 2.33. The van der Waals surface area contributed by atoms with E-state index in [2.05, 4.69) is 34.7 Å². The average molecular weight is 241 g/mol. The summed E-state index contributed by atoms with van der Waals surface area (Å²) in [5.74, 6) is 0.682. The van der Waals surface area contributed by atoms with Gasteiger partial charge in [-0.25, -0.2) is 4.68 Å². The first-order chi connectivity index (χ1) is 7.72. The van der Waals surface area contributed by atoms with Gasteiger partial charge in [-0.05, 0) is 35.7 Å². The minimum absolute atomic E-state index is 0.633. The minimum atomic E-state index is 0.633. The zero-order valence-electron chi connectivity index (χ0n) is 10.1. The molecule has 1 aromatic heterocycles. The number of tetrazole rings is 1. The first-order valence-electron chi connectivity index (χ1n) is 5.84. The first kappa shape index (κ1) is 11.9. The third-order valence-corrected chi connectivity index (χ3v) is 4.81. The van der Waals surface area contributed by atoms with E-state index >= 15 is 0 Å². The van der Waals surface area contributed by atoms with Crippen LogP contribution in [0.15, 0.2) is 5.16 Å². The molecule has 5 nitrogen and oxygen atoms in total.